The number of thiazole rings is 1. The SMILES string of the molecule is Cc1csc(-c2cc(-c3cc(C(C)(C)C)c4ccccc4c3C)[n+](C)cn2)n1. The lowest BCUT2D eigenvalue weighted by atomic mass is 9.80. The summed E-state index contributed by atoms with van der Waals surface area (Å²) in [4.78, 5) is 9.24. The second-order valence-electron chi connectivity index (χ2n) is 8.46. The first-order chi connectivity index (χ1) is 13.3. The van der Waals surface area contributed by atoms with Gasteiger partial charge in [0.25, 0.3) is 6.33 Å². The van der Waals surface area contributed by atoms with Crippen molar-refractivity contribution in [1.82, 2.24) is 9.97 Å². The Morgan fingerprint density at radius 2 is 1.71 bits per heavy atom. The van der Waals surface area contributed by atoms with Crippen molar-refractivity contribution in [2.75, 3.05) is 0 Å². The van der Waals surface area contributed by atoms with Crippen LogP contribution in [0.4, 0.5) is 0 Å². The molecule has 0 aliphatic heterocycles. The average molecular weight is 389 g/mol. The van der Waals surface area contributed by atoms with Crippen LogP contribution in [-0.4, -0.2) is 9.97 Å². The molecule has 0 aliphatic carbocycles. The summed E-state index contributed by atoms with van der Waals surface area (Å²) >= 11 is 1.64. The van der Waals surface area contributed by atoms with Crippen LogP contribution >= 0.6 is 11.3 Å². The number of aryl methyl sites for hydroxylation is 3. The van der Waals surface area contributed by atoms with Crippen molar-refractivity contribution in [3.63, 3.8) is 0 Å². The van der Waals surface area contributed by atoms with Gasteiger partial charge < -0.3 is 0 Å². The van der Waals surface area contributed by atoms with E-state index in [0.717, 1.165) is 22.1 Å². The van der Waals surface area contributed by atoms with Crippen LogP contribution in [0.25, 0.3) is 32.7 Å². The molecule has 0 bridgehead atoms. The molecule has 0 saturated heterocycles. The molecule has 0 fully saturated rings. The topological polar surface area (TPSA) is 29.7 Å². The van der Waals surface area contributed by atoms with Gasteiger partial charge in [-0.3, -0.25) is 0 Å². The zero-order chi connectivity index (χ0) is 20.1. The lowest BCUT2D eigenvalue weighted by molar-refractivity contribution is -0.663. The Morgan fingerprint density at radius 3 is 2.36 bits per heavy atom. The Hall–Kier alpha value is -2.59. The number of rotatable bonds is 2. The lowest BCUT2D eigenvalue weighted by Gasteiger charge is -2.24. The third-order valence-corrected chi connectivity index (χ3v) is 6.24. The smallest absolute Gasteiger partial charge is 0.237 e. The molecular weight excluding hydrogens is 362 g/mol. The highest BCUT2D eigenvalue weighted by Gasteiger charge is 2.23. The maximum atomic E-state index is 4.62. The summed E-state index contributed by atoms with van der Waals surface area (Å²) in [5, 5.41) is 5.69. The number of hydrogen-bond acceptors (Lipinski definition) is 3. The number of nitrogens with zero attached hydrogens (tertiary/aromatic N) is 3. The van der Waals surface area contributed by atoms with Crippen molar-refractivity contribution in [2.45, 2.75) is 40.0 Å². The van der Waals surface area contributed by atoms with Crippen LogP contribution in [0.1, 0.15) is 37.6 Å². The van der Waals surface area contributed by atoms with Gasteiger partial charge in [-0.15, -0.1) is 11.3 Å². The van der Waals surface area contributed by atoms with Gasteiger partial charge in [-0.25, -0.2) is 9.55 Å². The van der Waals surface area contributed by atoms with Crippen LogP contribution in [0.5, 0.6) is 0 Å². The Bertz CT molecular complexity index is 1180. The normalized spacial score (nSPS) is 11.9. The van der Waals surface area contributed by atoms with E-state index in [-0.39, 0.29) is 5.41 Å². The summed E-state index contributed by atoms with van der Waals surface area (Å²) in [6.07, 6.45) is 1.90. The van der Waals surface area contributed by atoms with Crippen molar-refractivity contribution >= 4 is 22.1 Å². The van der Waals surface area contributed by atoms with Crippen LogP contribution in [0.3, 0.4) is 0 Å². The first-order valence-electron chi connectivity index (χ1n) is 9.57. The molecule has 0 atom stereocenters. The molecule has 28 heavy (non-hydrogen) atoms. The monoisotopic (exact) mass is 388 g/mol. The molecule has 2 heterocycles. The maximum absolute atomic E-state index is 4.62. The van der Waals surface area contributed by atoms with Crippen LogP contribution in [-0.2, 0) is 12.5 Å². The molecular formula is C24H26N3S+. The van der Waals surface area contributed by atoms with Gasteiger partial charge >= 0.3 is 0 Å². The van der Waals surface area contributed by atoms with E-state index >= 15 is 0 Å². The van der Waals surface area contributed by atoms with Crippen molar-refractivity contribution in [1.29, 1.82) is 0 Å². The van der Waals surface area contributed by atoms with Gasteiger partial charge in [0.05, 0.1) is 7.05 Å². The van der Waals surface area contributed by atoms with Gasteiger partial charge in [0.2, 0.25) is 5.69 Å². The highest BCUT2D eigenvalue weighted by Crippen LogP contribution is 2.37. The molecule has 0 aliphatic rings. The fourth-order valence-electron chi connectivity index (χ4n) is 3.74. The summed E-state index contributed by atoms with van der Waals surface area (Å²) in [5.41, 5.74) is 7.10. The zero-order valence-electron chi connectivity index (χ0n) is 17.4. The first kappa shape index (κ1) is 18.8. The summed E-state index contributed by atoms with van der Waals surface area (Å²) < 4.78 is 2.10. The van der Waals surface area contributed by atoms with Crippen molar-refractivity contribution in [3.8, 4) is 22.0 Å². The Labute approximate surface area is 170 Å². The molecule has 0 spiro atoms. The Morgan fingerprint density at radius 1 is 1.00 bits per heavy atom. The number of hydrogen-bond donors (Lipinski definition) is 0. The second-order valence-corrected chi connectivity index (χ2v) is 9.31. The van der Waals surface area contributed by atoms with Gasteiger partial charge in [0.1, 0.15) is 5.69 Å². The molecule has 142 valence electrons. The van der Waals surface area contributed by atoms with Gasteiger partial charge in [0, 0.05) is 22.7 Å². The molecule has 4 aromatic rings. The second kappa shape index (κ2) is 6.78. The molecule has 0 unspecified atom stereocenters. The van der Waals surface area contributed by atoms with E-state index in [9.17, 15) is 0 Å². The fraction of sp³-hybridized carbons (Fsp3) is 0.292. The predicted molar refractivity (Wildman–Crippen MR) is 118 cm³/mol. The molecule has 0 amide bonds. The summed E-state index contributed by atoms with van der Waals surface area (Å²) in [6.45, 7) is 11.1. The Balaban J connectivity index is 2.01. The first-order valence-corrected chi connectivity index (χ1v) is 10.4. The molecule has 0 N–H and O–H groups in total. The van der Waals surface area contributed by atoms with Gasteiger partial charge in [-0.1, -0.05) is 45.0 Å². The van der Waals surface area contributed by atoms with Crippen LogP contribution in [0.15, 0.2) is 48.1 Å². The van der Waals surface area contributed by atoms with E-state index in [1.54, 1.807) is 11.3 Å². The highest BCUT2D eigenvalue weighted by atomic mass is 32.1. The summed E-state index contributed by atoms with van der Waals surface area (Å²) in [7, 11) is 2.06. The molecule has 2 aromatic heterocycles. The molecule has 3 nitrogen and oxygen atoms in total. The number of aromatic nitrogens is 3. The zero-order valence-corrected chi connectivity index (χ0v) is 18.2. The quantitative estimate of drug-likeness (QED) is 0.408. The third-order valence-electron chi connectivity index (χ3n) is 5.26. The molecule has 0 saturated carbocycles. The van der Waals surface area contributed by atoms with Crippen molar-refractivity contribution < 1.29 is 4.57 Å². The number of fused-ring (bicyclic) bond motifs is 1. The molecule has 4 rings (SSSR count). The summed E-state index contributed by atoms with van der Waals surface area (Å²) in [6, 6.07) is 13.3. The minimum atomic E-state index is 0.0584. The minimum Gasteiger partial charge on any atom is -0.237 e. The van der Waals surface area contributed by atoms with Crippen molar-refractivity contribution in [3.05, 3.63) is 64.9 Å². The average Bonchev–Trinajstić information content (AvgIpc) is 3.08. The van der Waals surface area contributed by atoms with E-state index in [4.69, 9.17) is 0 Å². The van der Waals surface area contributed by atoms with E-state index in [2.05, 4.69) is 91.1 Å². The van der Waals surface area contributed by atoms with E-state index in [1.165, 1.54) is 27.5 Å². The number of benzene rings is 2. The highest BCUT2D eigenvalue weighted by molar-refractivity contribution is 7.13. The molecule has 0 radical (unpaired) electrons. The largest absolute Gasteiger partial charge is 0.287 e. The van der Waals surface area contributed by atoms with Crippen LogP contribution in [0.2, 0.25) is 0 Å². The maximum Gasteiger partial charge on any atom is 0.287 e. The Kier molecular flexibility index (Phi) is 4.54. The van der Waals surface area contributed by atoms with E-state index < -0.39 is 0 Å². The molecule has 2 aromatic carbocycles. The van der Waals surface area contributed by atoms with Crippen molar-refractivity contribution in [2.24, 2.45) is 7.05 Å². The summed E-state index contributed by atoms with van der Waals surface area (Å²) in [5.74, 6) is 0. The van der Waals surface area contributed by atoms with Crippen LogP contribution < -0.4 is 4.57 Å². The minimum absolute atomic E-state index is 0.0584. The van der Waals surface area contributed by atoms with E-state index in [0.29, 0.717) is 0 Å². The van der Waals surface area contributed by atoms with Crippen LogP contribution in [0, 0.1) is 13.8 Å². The predicted octanol–water partition coefficient (Wildman–Crippen LogP) is 5.76. The third kappa shape index (κ3) is 3.22. The van der Waals surface area contributed by atoms with Gasteiger partial charge in [-0.2, -0.15) is 0 Å². The lowest BCUT2D eigenvalue weighted by Crippen LogP contribution is -2.31. The van der Waals surface area contributed by atoms with E-state index in [1.807, 2.05) is 13.3 Å². The molecule has 4 heteroatoms. The van der Waals surface area contributed by atoms with Gasteiger partial charge in [0.15, 0.2) is 5.01 Å². The fourth-order valence-corrected chi connectivity index (χ4v) is 4.51. The van der Waals surface area contributed by atoms with Gasteiger partial charge in [-0.05, 0) is 52.2 Å². The standard InChI is InChI=1S/C24H26N3S/c1-15-13-28-23(26-15)21-12-22(27(6)14-25-21)19-11-20(24(3,4)5)18-10-8-7-9-17(18)16(19)2/h7-14H,1-6H3/q+1.